The highest BCUT2D eigenvalue weighted by molar-refractivity contribution is 7.98. The number of hydrogen-bond donors (Lipinski definition) is 1. The third kappa shape index (κ3) is 5.83. The van der Waals surface area contributed by atoms with Gasteiger partial charge in [0.1, 0.15) is 11.6 Å². The Balaban J connectivity index is 1.44. The van der Waals surface area contributed by atoms with Gasteiger partial charge in [-0.3, -0.25) is 9.59 Å². The van der Waals surface area contributed by atoms with Gasteiger partial charge in [0.05, 0.1) is 30.7 Å². The molecule has 2 aromatic heterocycles. The fourth-order valence-corrected chi connectivity index (χ4v) is 4.51. The molecule has 0 bridgehead atoms. The Morgan fingerprint density at radius 1 is 1.14 bits per heavy atom. The van der Waals surface area contributed by atoms with Gasteiger partial charge < -0.3 is 24.3 Å². The lowest BCUT2D eigenvalue weighted by Crippen LogP contribution is -2.38. The molecule has 9 nitrogen and oxygen atoms in total. The molecule has 0 saturated carbocycles. The van der Waals surface area contributed by atoms with Crippen LogP contribution in [0, 0.1) is 6.92 Å². The van der Waals surface area contributed by atoms with Gasteiger partial charge in [0.15, 0.2) is 11.6 Å². The zero-order valence-electron chi connectivity index (χ0n) is 20.1. The third-order valence-electron chi connectivity index (χ3n) is 5.74. The van der Waals surface area contributed by atoms with Crippen LogP contribution >= 0.6 is 11.8 Å². The van der Waals surface area contributed by atoms with Crippen molar-refractivity contribution in [3.8, 4) is 11.6 Å². The minimum atomic E-state index is -0.279. The predicted molar refractivity (Wildman–Crippen MR) is 136 cm³/mol. The number of amides is 2. The zero-order valence-corrected chi connectivity index (χ0v) is 20.9. The maximum absolute atomic E-state index is 13.4. The largest absolute Gasteiger partial charge is 0.461 e. The normalized spacial score (nSPS) is 13.5. The summed E-state index contributed by atoms with van der Waals surface area (Å²) in [7, 11) is 0. The second-order valence-electron chi connectivity index (χ2n) is 8.01. The molecule has 3 aromatic rings. The van der Waals surface area contributed by atoms with Crippen molar-refractivity contribution in [1.29, 1.82) is 0 Å². The minimum Gasteiger partial charge on any atom is -0.461 e. The molecule has 184 valence electrons. The molecule has 0 atom stereocenters. The van der Waals surface area contributed by atoms with Crippen LogP contribution in [0.1, 0.15) is 23.0 Å². The average molecular weight is 496 g/mol. The van der Waals surface area contributed by atoms with Gasteiger partial charge in [-0.05, 0) is 56.5 Å². The first-order valence-electron chi connectivity index (χ1n) is 11.5. The van der Waals surface area contributed by atoms with Gasteiger partial charge >= 0.3 is 0 Å². The molecular formula is C25H29N5O4S. The van der Waals surface area contributed by atoms with Crippen LogP contribution in [-0.4, -0.2) is 72.3 Å². The third-order valence-corrected chi connectivity index (χ3v) is 6.42. The summed E-state index contributed by atoms with van der Waals surface area (Å²) in [6.07, 6.45) is 3.41. The molecule has 10 heteroatoms. The van der Waals surface area contributed by atoms with E-state index in [1.165, 1.54) is 16.7 Å². The van der Waals surface area contributed by atoms with Crippen LogP contribution in [0.15, 0.2) is 52.1 Å². The molecule has 0 radical (unpaired) electrons. The van der Waals surface area contributed by atoms with E-state index < -0.39 is 0 Å². The topological polar surface area (TPSA) is 101 Å². The van der Waals surface area contributed by atoms with Gasteiger partial charge in [0.2, 0.25) is 5.91 Å². The van der Waals surface area contributed by atoms with Crippen molar-refractivity contribution >= 4 is 35.0 Å². The SMILES string of the molecule is CCN(CC(=O)Nc1ccc(N2CCOCC2)cc1)C(=O)c1c(C)nc(-c2ccco2)nc1SC. The number of morpholine rings is 1. The summed E-state index contributed by atoms with van der Waals surface area (Å²) in [5, 5.41) is 3.44. The Hall–Kier alpha value is -3.37. The Morgan fingerprint density at radius 3 is 2.51 bits per heavy atom. The molecule has 0 aliphatic carbocycles. The van der Waals surface area contributed by atoms with Crippen LogP contribution in [-0.2, 0) is 9.53 Å². The molecule has 35 heavy (non-hydrogen) atoms. The Labute approximate surface area is 208 Å². The smallest absolute Gasteiger partial charge is 0.258 e. The van der Waals surface area contributed by atoms with E-state index in [2.05, 4.69) is 20.2 Å². The van der Waals surface area contributed by atoms with Gasteiger partial charge in [-0.15, -0.1) is 11.8 Å². The number of benzene rings is 1. The molecule has 1 aromatic carbocycles. The molecule has 0 spiro atoms. The van der Waals surface area contributed by atoms with Crippen molar-refractivity contribution in [2.45, 2.75) is 18.9 Å². The second-order valence-corrected chi connectivity index (χ2v) is 8.80. The van der Waals surface area contributed by atoms with Crippen LogP contribution in [0.2, 0.25) is 0 Å². The fraction of sp³-hybridized carbons (Fsp3) is 0.360. The Morgan fingerprint density at radius 2 is 1.89 bits per heavy atom. The minimum absolute atomic E-state index is 0.0756. The number of anilines is 2. The summed E-state index contributed by atoms with van der Waals surface area (Å²) < 4.78 is 10.8. The van der Waals surface area contributed by atoms with Crippen molar-refractivity contribution < 1.29 is 18.7 Å². The number of aromatic nitrogens is 2. The van der Waals surface area contributed by atoms with E-state index in [9.17, 15) is 9.59 Å². The quantitative estimate of drug-likeness (QED) is 0.373. The van der Waals surface area contributed by atoms with Gasteiger partial charge in [-0.25, -0.2) is 9.97 Å². The number of hydrogen-bond acceptors (Lipinski definition) is 8. The number of aryl methyl sites for hydroxylation is 1. The van der Waals surface area contributed by atoms with Gasteiger partial charge in [0.25, 0.3) is 5.91 Å². The highest BCUT2D eigenvalue weighted by Gasteiger charge is 2.25. The monoisotopic (exact) mass is 495 g/mol. The average Bonchev–Trinajstić information content (AvgIpc) is 3.42. The molecule has 1 aliphatic heterocycles. The predicted octanol–water partition coefficient (Wildman–Crippen LogP) is 3.70. The second kappa shape index (κ2) is 11.4. The summed E-state index contributed by atoms with van der Waals surface area (Å²) >= 11 is 1.36. The molecule has 2 amide bonds. The molecule has 3 heterocycles. The van der Waals surface area contributed by atoms with Gasteiger partial charge in [-0.2, -0.15) is 0 Å². The lowest BCUT2D eigenvalue weighted by molar-refractivity contribution is -0.116. The first kappa shape index (κ1) is 24.7. The van der Waals surface area contributed by atoms with Crippen molar-refractivity contribution in [3.63, 3.8) is 0 Å². The number of furan rings is 1. The summed E-state index contributed by atoms with van der Waals surface area (Å²) in [5.41, 5.74) is 2.72. The van der Waals surface area contributed by atoms with Crippen LogP contribution in [0.5, 0.6) is 0 Å². The first-order chi connectivity index (χ1) is 17.0. The van der Waals surface area contributed by atoms with Crippen molar-refractivity contribution in [2.24, 2.45) is 0 Å². The van der Waals surface area contributed by atoms with E-state index in [1.54, 1.807) is 25.3 Å². The molecule has 1 saturated heterocycles. The Kier molecular flexibility index (Phi) is 8.04. The van der Waals surface area contributed by atoms with Crippen LogP contribution < -0.4 is 10.2 Å². The molecule has 4 rings (SSSR count). The fourth-order valence-electron chi connectivity index (χ4n) is 3.89. The van der Waals surface area contributed by atoms with Crippen LogP contribution in [0.4, 0.5) is 11.4 Å². The van der Waals surface area contributed by atoms with E-state index in [0.29, 0.717) is 53.3 Å². The summed E-state index contributed by atoms with van der Waals surface area (Å²) in [6.45, 7) is 7.04. The maximum atomic E-state index is 13.4. The first-order valence-corrected chi connectivity index (χ1v) is 12.7. The number of rotatable bonds is 8. The maximum Gasteiger partial charge on any atom is 0.258 e. The van der Waals surface area contributed by atoms with E-state index in [-0.39, 0.29) is 18.4 Å². The van der Waals surface area contributed by atoms with E-state index in [1.807, 2.05) is 37.4 Å². The number of nitrogens with zero attached hydrogens (tertiary/aromatic N) is 4. The molecule has 1 aliphatic rings. The lowest BCUT2D eigenvalue weighted by atomic mass is 10.2. The molecular weight excluding hydrogens is 466 g/mol. The van der Waals surface area contributed by atoms with E-state index in [0.717, 1.165) is 18.8 Å². The standard InChI is InChI=1S/C25H29N5O4S/c1-4-29(16-21(31)27-18-7-9-19(10-8-18)30-11-14-33-15-12-30)25(32)22-17(2)26-23(28-24(22)35-3)20-6-5-13-34-20/h5-10,13H,4,11-12,14-16H2,1-3H3,(H,27,31). The number of carbonyl (C=O) groups is 2. The van der Waals surface area contributed by atoms with Crippen LogP contribution in [0.25, 0.3) is 11.6 Å². The van der Waals surface area contributed by atoms with E-state index >= 15 is 0 Å². The van der Waals surface area contributed by atoms with Gasteiger partial charge in [-0.1, -0.05) is 0 Å². The number of ether oxygens (including phenoxy) is 1. The number of nitrogens with one attached hydrogen (secondary N) is 1. The molecule has 1 N–H and O–H groups in total. The van der Waals surface area contributed by atoms with Crippen molar-refractivity contribution in [1.82, 2.24) is 14.9 Å². The lowest BCUT2D eigenvalue weighted by Gasteiger charge is -2.29. The summed E-state index contributed by atoms with van der Waals surface area (Å²) in [6, 6.07) is 11.2. The van der Waals surface area contributed by atoms with Crippen molar-refractivity contribution in [3.05, 3.63) is 53.9 Å². The van der Waals surface area contributed by atoms with Crippen molar-refractivity contribution in [2.75, 3.05) is 55.9 Å². The Bertz CT molecular complexity index is 1160. The highest BCUT2D eigenvalue weighted by atomic mass is 32.2. The molecule has 1 fully saturated rings. The number of thioether (sulfide) groups is 1. The summed E-state index contributed by atoms with van der Waals surface area (Å²) in [5.74, 6) is 0.414. The summed E-state index contributed by atoms with van der Waals surface area (Å²) in [4.78, 5) is 38.9. The van der Waals surface area contributed by atoms with Crippen LogP contribution in [0.3, 0.4) is 0 Å². The van der Waals surface area contributed by atoms with E-state index in [4.69, 9.17) is 9.15 Å². The highest BCUT2D eigenvalue weighted by Crippen LogP contribution is 2.26. The zero-order chi connectivity index (χ0) is 24.8. The number of carbonyl (C=O) groups excluding carboxylic acids is 2. The van der Waals surface area contributed by atoms with Gasteiger partial charge in [0, 0.05) is 31.0 Å². The molecule has 0 unspecified atom stereocenters. The number of likely N-dealkylation sites (N-methyl/N-ethyl adjacent to an activating group) is 1.